The fraction of sp³-hybridized carbons (Fsp3) is 0.370. The molecule has 2 aromatic rings. The Bertz CT molecular complexity index is 1090. The van der Waals surface area contributed by atoms with Gasteiger partial charge in [-0.3, -0.25) is 4.79 Å². The number of rotatable bonds is 7. The molecule has 0 saturated carbocycles. The average molecular weight is 418 g/mol. The molecule has 0 aromatic heterocycles. The molecule has 4 nitrogen and oxygen atoms in total. The highest BCUT2D eigenvalue weighted by molar-refractivity contribution is 6.17. The first-order chi connectivity index (χ1) is 15.1. The normalized spacial score (nSPS) is 13.3. The van der Waals surface area contributed by atoms with Crippen molar-refractivity contribution in [1.29, 1.82) is 5.26 Å². The minimum Gasteiger partial charge on any atom is -0.461 e. The van der Waals surface area contributed by atoms with Crippen molar-refractivity contribution in [2.75, 3.05) is 6.61 Å². The number of unbranched alkanes of at least 4 members (excludes halogenated alkanes) is 1. The van der Waals surface area contributed by atoms with Crippen LogP contribution < -0.4 is 10.4 Å². The molecule has 0 N–H and O–H groups in total. The highest BCUT2D eigenvalue weighted by Crippen LogP contribution is 2.17. The molecule has 0 spiro atoms. The summed E-state index contributed by atoms with van der Waals surface area (Å²) < 4.78 is 5.49. The molecule has 2 aromatic carbocycles. The van der Waals surface area contributed by atoms with Crippen molar-refractivity contribution < 1.29 is 14.3 Å². The number of ketones is 1. The van der Waals surface area contributed by atoms with E-state index < -0.39 is 5.97 Å². The number of benzene rings is 2. The van der Waals surface area contributed by atoms with Gasteiger partial charge in [0.05, 0.1) is 6.61 Å². The van der Waals surface area contributed by atoms with Crippen LogP contribution in [-0.4, -0.2) is 18.4 Å². The van der Waals surface area contributed by atoms with E-state index in [9.17, 15) is 14.9 Å². The number of hydrogen-bond donors (Lipinski definition) is 0. The Hall–Kier alpha value is -3.19. The number of carbonyl (C=O) groups excluding carboxylic acids is 2. The smallest absolute Gasteiger partial charge is 0.349 e. The molecular formula is C27H31NO3. The monoisotopic (exact) mass is 417 g/mol. The van der Waals surface area contributed by atoms with Gasteiger partial charge in [-0.15, -0.1) is 0 Å². The lowest BCUT2D eigenvalue weighted by molar-refractivity contribution is -0.138. The Morgan fingerprint density at radius 2 is 1.77 bits per heavy atom. The zero-order valence-corrected chi connectivity index (χ0v) is 18.9. The number of hydrogen-bond acceptors (Lipinski definition) is 4. The number of esters is 1. The fourth-order valence-electron chi connectivity index (χ4n) is 3.65. The predicted octanol–water partition coefficient (Wildman–Crippen LogP) is 4.52. The van der Waals surface area contributed by atoms with Gasteiger partial charge in [0.25, 0.3) is 0 Å². The number of nitrogens with zero attached hydrogens (tertiary/aromatic N) is 1. The van der Waals surface area contributed by atoms with Gasteiger partial charge in [-0.05, 0) is 29.2 Å². The van der Waals surface area contributed by atoms with Crippen LogP contribution in [0.4, 0.5) is 0 Å². The maximum Gasteiger partial charge on any atom is 0.349 e. The molecule has 0 saturated heterocycles. The fourth-order valence-corrected chi connectivity index (χ4v) is 3.65. The Kier molecular flexibility index (Phi) is 9.21. The molecule has 1 atom stereocenters. The minimum atomic E-state index is -0.629. The average Bonchev–Trinajstić information content (AvgIpc) is 2.81. The van der Waals surface area contributed by atoms with Crippen LogP contribution in [-0.2, 0) is 9.53 Å². The summed E-state index contributed by atoms with van der Waals surface area (Å²) in [5.41, 5.74) is 1.85. The van der Waals surface area contributed by atoms with Crippen molar-refractivity contribution in [3.63, 3.8) is 0 Å². The van der Waals surface area contributed by atoms with Gasteiger partial charge < -0.3 is 4.74 Å². The Balaban J connectivity index is 0.00000166. The van der Waals surface area contributed by atoms with E-state index in [1.807, 2.05) is 44.2 Å². The molecule has 0 bridgehead atoms. The Morgan fingerprint density at radius 1 is 1.06 bits per heavy atom. The van der Waals surface area contributed by atoms with E-state index in [2.05, 4.69) is 13.8 Å². The van der Waals surface area contributed by atoms with E-state index in [1.54, 1.807) is 24.3 Å². The second-order valence-corrected chi connectivity index (χ2v) is 7.33. The highest BCUT2D eigenvalue weighted by Gasteiger charge is 2.21. The molecule has 0 heterocycles. The van der Waals surface area contributed by atoms with Gasteiger partial charge >= 0.3 is 5.97 Å². The lowest BCUT2D eigenvalue weighted by atomic mass is 9.90. The molecular weight excluding hydrogens is 386 g/mol. The summed E-state index contributed by atoms with van der Waals surface area (Å²) in [7, 11) is 0. The standard InChI is InChI=1S/C25H25NO3.C2H6/c1-3-5-9-17(4-2)16-29-25(28)23(15-26)20-12-8-13-21-22(20)14-18-10-6-7-11-19(18)24(21)27;1-2/h6-8,10-14,17H,3-5,9,16H2,1-2H3;1-2H3/b23-20+;. The van der Waals surface area contributed by atoms with Crippen LogP contribution in [0, 0.1) is 17.2 Å². The molecule has 1 unspecified atom stereocenters. The van der Waals surface area contributed by atoms with E-state index in [-0.39, 0.29) is 11.4 Å². The highest BCUT2D eigenvalue weighted by atomic mass is 16.5. The van der Waals surface area contributed by atoms with Gasteiger partial charge in [-0.25, -0.2) is 4.79 Å². The summed E-state index contributed by atoms with van der Waals surface area (Å²) in [6.45, 7) is 8.52. The molecule has 3 rings (SSSR count). The van der Waals surface area contributed by atoms with Gasteiger partial charge in [0.15, 0.2) is 5.78 Å². The zero-order chi connectivity index (χ0) is 22.8. The lowest BCUT2D eigenvalue weighted by Gasteiger charge is -2.15. The third kappa shape index (κ3) is 5.49. The summed E-state index contributed by atoms with van der Waals surface area (Å²) in [5.74, 6) is -0.435. The van der Waals surface area contributed by atoms with Crippen molar-refractivity contribution in [1.82, 2.24) is 0 Å². The summed E-state index contributed by atoms with van der Waals surface area (Å²) in [5, 5.41) is 10.7. The van der Waals surface area contributed by atoms with Crippen molar-refractivity contribution in [2.24, 2.45) is 5.92 Å². The molecule has 1 aliphatic carbocycles. The third-order valence-electron chi connectivity index (χ3n) is 5.43. The number of carbonyl (C=O) groups is 2. The molecule has 1 aliphatic rings. The SMILES string of the molecule is CC.CCCCC(CC)COC(=O)/C(C#N)=c1\cccc2c1=Cc1ccccc1C2=O. The summed E-state index contributed by atoms with van der Waals surface area (Å²) in [6, 6.07) is 14.5. The van der Waals surface area contributed by atoms with Crippen LogP contribution in [0.5, 0.6) is 0 Å². The van der Waals surface area contributed by atoms with Gasteiger partial charge in [-0.2, -0.15) is 5.26 Å². The first-order valence-corrected chi connectivity index (χ1v) is 11.2. The molecule has 4 heteroatoms. The van der Waals surface area contributed by atoms with E-state index in [1.165, 1.54) is 0 Å². The minimum absolute atomic E-state index is 0.0596. The molecule has 0 aliphatic heterocycles. The molecule has 162 valence electrons. The van der Waals surface area contributed by atoms with Crippen molar-refractivity contribution >= 4 is 23.4 Å². The summed E-state index contributed by atoms with van der Waals surface area (Å²) in [6.07, 6.45) is 5.98. The van der Waals surface area contributed by atoms with E-state index >= 15 is 0 Å². The summed E-state index contributed by atoms with van der Waals surface area (Å²) >= 11 is 0. The van der Waals surface area contributed by atoms with E-state index in [4.69, 9.17) is 4.74 Å². The number of nitriles is 1. The lowest BCUT2D eigenvalue weighted by Crippen LogP contribution is -2.37. The van der Waals surface area contributed by atoms with Gasteiger partial charge in [0.2, 0.25) is 0 Å². The molecule has 0 radical (unpaired) electrons. The maximum atomic E-state index is 12.9. The molecule has 31 heavy (non-hydrogen) atoms. The van der Waals surface area contributed by atoms with Crippen LogP contribution in [0.15, 0.2) is 42.5 Å². The Morgan fingerprint density at radius 3 is 2.45 bits per heavy atom. The van der Waals surface area contributed by atoms with Gasteiger partial charge in [-0.1, -0.05) is 89.4 Å². The van der Waals surface area contributed by atoms with Crippen molar-refractivity contribution in [3.8, 4) is 6.07 Å². The second kappa shape index (κ2) is 11.9. The quantitative estimate of drug-likeness (QED) is 0.530. The van der Waals surface area contributed by atoms with Gasteiger partial charge in [0, 0.05) is 16.3 Å². The third-order valence-corrected chi connectivity index (χ3v) is 5.43. The van der Waals surface area contributed by atoms with Crippen molar-refractivity contribution in [2.45, 2.75) is 53.4 Å². The molecule has 0 amide bonds. The first kappa shape index (κ1) is 24.1. The number of fused-ring (bicyclic) bond motifs is 2. The van der Waals surface area contributed by atoms with Crippen LogP contribution in [0.1, 0.15) is 74.9 Å². The van der Waals surface area contributed by atoms with Crippen LogP contribution in [0.3, 0.4) is 0 Å². The van der Waals surface area contributed by atoms with Crippen molar-refractivity contribution in [3.05, 3.63) is 69.6 Å². The Labute approximate surface area is 184 Å². The van der Waals surface area contributed by atoms with Crippen LogP contribution >= 0.6 is 0 Å². The maximum absolute atomic E-state index is 12.9. The zero-order valence-electron chi connectivity index (χ0n) is 18.9. The number of ether oxygens (including phenoxy) is 1. The molecule has 0 fully saturated rings. The second-order valence-electron chi connectivity index (χ2n) is 7.33. The topological polar surface area (TPSA) is 67.2 Å². The predicted molar refractivity (Wildman–Crippen MR) is 124 cm³/mol. The van der Waals surface area contributed by atoms with Crippen LogP contribution in [0.25, 0.3) is 11.6 Å². The van der Waals surface area contributed by atoms with Gasteiger partial charge in [0.1, 0.15) is 11.6 Å². The van der Waals surface area contributed by atoms with E-state index in [0.29, 0.717) is 34.1 Å². The summed E-state index contributed by atoms with van der Waals surface area (Å²) in [4.78, 5) is 25.6. The van der Waals surface area contributed by atoms with Crippen LogP contribution in [0.2, 0.25) is 0 Å². The largest absolute Gasteiger partial charge is 0.461 e. The van der Waals surface area contributed by atoms with E-state index in [0.717, 1.165) is 31.2 Å². The first-order valence-electron chi connectivity index (χ1n) is 11.2.